The maximum atomic E-state index is 12.4. The van der Waals surface area contributed by atoms with Crippen LogP contribution in [0.25, 0.3) is 0 Å². The Balaban J connectivity index is 1.51. The van der Waals surface area contributed by atoms with Crippen LogP contribution in [0.3, 0.4) is 0 Å². The largest absolute Gasteiger partial charge is 0.342 e. The van der Waals surface area contributed by atoms with Crippen molar-refractivity contribution >= 4 is 17.5 Å². The van der Waals surface area contributed by atoms with Gasteiger partial charge in [0.1, 0.15) is 0 Å². The lowest BCUT2D eigenvalue weighted by atomic mass is 9.89. The number of nitrogens with one attached hydrogen (secondary N) is 2. The predicted molar refractivity (Wildman–Crippen MR) is 90.1 cm³/mol. The molecule has 0 aliphatic carbocycles. The van der Waals surface area contributed by atoms with Gasteiger partial charge in [-0.05, 0) is 50.4 Å². The molecule has 5 nitrogen and oxygen atoms in total. The average molecular weight is 315 g/mol. The molecule has 2 amide bonds. The number of fused-ring (bicyclic) bond motifs is 1. The van der Waals surface area contributed by atoms with E-state index in [1.165, 1.54) is 5.56 Å². The maximum absolute atomic E-state index is 12.4. The summed E-state index contributed by atoms with van der Waals surface area (Å²) >= 11 is 0. The molecule has 3 rings (SSSR count). The second-order valence-corrected chi connectivity index (χ2v) is 6.64. The van der Waals surface area contributed by atoms with Crippen molar-refractivity contribution in [3.8, 4) is 0 Å². The molecular weight excluding hydrogens is 290 g/mol. The zero-order chi connectivity index (χ0) is 16.2. The van der Waals surface area contributed by atoms with Crippen molar-refractivity contribution in [3.05, 3.63) is 29.8 Å². The fourth-order valence-corrected chi connectivity index (χ4v) is 3.62. The molecule has 2 heterocycles. The summed E-state index contributed by atoms with van der Waals surface area (Å²) in [7, 11) is 1.95. The molecule has 2 unspecified atom stereocenters. The van der Waals surface area contributed by atoms with Crippen LogP contribution in [0.4, 0.5) is 5.69 Å². The van der Waals surface area contributed by atoms with E-state index in [-0.39, 0.29) is 17.7 Å². The van der Waals surface area contributed by atoms with Crippen molar-refractivity contribution in [1.29, 1.82) is 0 Å². The van der Waals surface area contributed by atoms with Gasteiger partial charge in [-0.2, -0.15) is 0 Å². The van der Waals surface area contributed by atoms with Gasteiger partial charge in [-0.3, -0.25) is 9.59 Å². The Labute approximate surface area is 137 Å². The number of benzene rings is 1. The van der Waals surface area contributed by atoms with Crippen LogP contribution in [0.2, 0.25) is 0 Å². The van der Waals surface area contributed by atoms with Gasteiger partial charge in [0, 0.05) is 31.1 Å². The zero-order valence-corrected chi connectivity index (χ0v) is 13.7. The van der Waals surface area contributed by atoms with Crippen LogP contribution in [-0.2, 0) is 16.0 Å². The number of para-hydroxylation sites is 1. The first-order valence-corrected chi connectivity index (χ1v) is 8.48. The maximum Gasteiger partial charge on any atom is 0.227 e. The summed E-state index contributed by atoms with van der Waals surface area (Å²) < 4.78 is 0. The van der Waals surface area contributed by atoms with E-state index < -0.39 is 0 Å². The van der Waals surface area contributed by atoms with Crippen LogP contribution in [0.5, 0.6) is 0 Å². The highest BCUT2D eigenvalue weighted by molar-refractivity contribution is 5.96. The molecule has 2 N–H and O–H groups in total. The van der Waals surface area contributed by atoms with E-state index in [4.69, 9.17) is 0 Å². The number of carbonyl (C=O) groups is 2. The number of likely N-dealkylation sites (tertiary alicyclic amines) is 1. The van der Waals surface area contributed by atoms with Gasteiger partial charge in [0.2, 0.25) is 11.8 Å². The fraction of sp³-hybridized carbons (Fsp3) is 0.556. The average Bonchev–Trinajstić information content (AvgIpc) is 3.01. The molecular formula is C18H25N3O2. The Hall–Kier alpha value is -1.88. The van der Waals surface area contributed by atoms with E-state index in [1.807, 2.05) is 36.2 Å². The highest BCUT2D eigenvalue weighted by Gasteiger charge is 2.29. The van der Waals surface area contributed by atoms with Crippen molar-refractivity contribution in [1.82, 2.24) is 10.2 Å². The summed E-state index contributed by atoms with van der Waals surface area (Å²) in [6, 6.07) is 7.90. The van der Waals surface area contributed by atoms with Crippen molar-refractivity contribution in [3.63, 3.8) is 0 Å². The monoisotopic (exact) mass is 315 g/mol. The zero-order valence-electron chi connectivity index (χ0n) is 13.7. The van der Waals surface area contributed by atoms with E-state index in [0.717, 1.165) is 38.2 Å². The van der Waals surface area contributed by atoms with Gasteiger partial charge < -0.3 is 15.5 Å². The summed E-state index contributed by atoms with van der Waals surface area (Å²) in [6.45, 7) is 2.66. The predicted octanol–water partition coefficient (Wildman–Crippen LogP) is 1.65. The molecule has 0 bridgehead atoms. The lowest BCUT2D eigenvalue weighted by Crippen LogP contribution is -2.33. The van der Waals surface area contributed by atoms with E-state index in [9.17, 15) is 9.59 Å². The lowest BCUT2D eigenvalue weighted by Gasteiger charge is -2.25. The van der Waals surface area contributed by atoms with Crippen molar-refractivity contribution in [2.45, 2.75) is 25.7 Å². The van der Waals surface area contributed by atoms with Gasteiger partial charge in [0.15, 0.2) is 0 Å². The Bertz CT molecular complexity index is 587. The fourth-order valence-electron chi connectivity index (χ4n) is 3.62. The lowest BCUT2D eigenvalue weighted by molar-refractivity contribution is -0.130. The Morgan fingerprint density at radius 3 is 3.04 bits per heavy atom. The Kier molecular flexibility index (Phi) is 4.96. The summed E-state index contributed by atoms with van der Waals surface area (Å²) in [4.78, 5) is 26.5. The normalized spacial score (nSPS) is 23.5. The number of hydrogen-bond acceptors (Lipinski definition) is 3. The molecule has 0 spiro atoms. The Morgan fingerprint density at radius 1 is 1.39 bits per heavy atom. The van der Waals surface area contributed by atoms with Crippen LogP contribution >= 0.6 is 0 Å². The van der Waals surface area contributed by atoms with Crippen LogP contribution in [0.1, 0.15) is 24.8 Å². The molecule has 0 saturated carbocycles. The molecule has 0 aromatic heterocycles. The number of rotatable bonds is 5. The van der Waals surface area contributed by atoms with Crippen LogP contribution < -0.4 is 10.6 Å². The third-order valence-electron chi connectivity index (χ3n) is 4.95. The summed E-state index contributed by atoms with van der Waals surface area (Å²) in [6.07, 6.45) is 2.90. The first-order chi connectivity index (χ1) is 11.2. The van der Waals surface area contributed by atoms with Gasteiger partial charge in [0.05, 0.1) is 0 Å². The molecule has 1 fully saturated rings. The minimum absolute atomic E-state index is 0.0472. The van der Waals surface area contributed by atoms with Crippen molar-refractivity contribution in [2.24, 2.45) is 11.8 Å². The standard InChI is InChI=1S/C18H25N3O2/c1-19-11-13-8-9-21(12-13)17(22)7-6-15-10-14-4-2-3-5-16(14)20-18(15)23/h2-5,13,15,19H,6-12H2,1H3,(H,20,23). The molecule has 1 saturated heterocycles. The van der Waals surface area contributed by atoms with Gasteiger partial charge in [-0.15, -0.1) is 0 Å². The van der Waals surface area contributed by atoms with E-state index in [0.29, 0.717) is 18.8 Å². The first kappa shape index (κ1) is 16.0. The van der Waals surface area contributed by atoms with E-state index in [1.54, 1.807) is 0 Å². The minimum atomic E-state index is -0.0930. The topological polar surface area (TPSA) is 61.4 Å². The minimum Gasteiger partial charge on any atom is -0.342 e. The summed E-state index contributed by atoms with van der Waals surface area (Å²) in [5, 5.41) is 6.13. The molecule has 1 aromatic rings. The quantitative estimate of drug-likeness (QED) is 0.868. The van der Waals surface area contributed by atoms with Crippen molar-refractivity contribution < 1.29 is 9.59 Å². The van der Waals surface area contributed by atoms with Crippen LogP contribution in [0.15, 0.2) is 24.3 Å². The van der Waals surface area contributed by atoms with Gasteiger partial charge >= 0.3 is 0 Å². The summed E-state index contributed by atoms with van der Waals surface area (Å²) in [5.74, 6) is 0.708. The van der Waals surface area contributed by atoms with Crippen LogP contribution in [0, 0.1) is 11.8 Å². The molecule has 5 heteroatoms. The Morgan fingerprint density at radius 2 is 2.22 bits per heavy atom. The second kappa shape index (κ2) is 7.13. The number of amides is 2. The molecule has 2 aliphatic heterocycles. The SMILES string of the molecule is CNCC1CCN(C(=O)CCC2Cc3ccccc3NC2=O)C1. The molecule has 124 valence electrons. The highest BCUT2D eigenvalue weighted by Crippen LogP contribution is 2.28. The first-order valence-electron chi connectivity index (χ1n) is 8.48. The molecule has 2 aliphatic rings. The van der Waals surface area contributed by atoms with Gasteiger partial charge in [-0.1, -0.05) is 18.2 Å². The third kappa shape index (κ3) is 3.72. The smallest absolute Gasteiger partial charge is 0.227 e. The molecule has 0 radical (unpaired) electrons. The highest BCUT2D eigenvalue weighted by atomic mass is 16.2. The van der Waals surface area contributed by atoms with E-state index in [2.05, 4.69) is 10.6 Å². The molecule has 1 aromatic carbocycles. The molecule has 23 heavy (non-hydrogen) atoms. The number of carbonyl (C=O) groups excluding carboxylic acids is 2. The van der Waals surface area contributed by atoms with Crippen molar-refractivity contribution in [2.75, 3.05) is 32.0 Å². The number of hydrogen-bond donors (Lipinski definition) is 2. The number of nitrogens with zero attached hydrogens (tertiary/aromatic N) is 1. The van der Waals surface area contributed by atoms with Gasteiger partial charge in [-0.25, -0.2) is 0 Å². The second-order valence-electron chi connectivity index (χ2n) is 6.64. The van der Waals surface area contributed by atoms with E-state index >= 15 is 0 Å². The van der Waals surface area contributed by atoms with Crippen LogP contribution in [-0.4, -0.2) is 43.4 Å². The third-order valence-corrected chi connectivity index (χ3v) is 4.95. The van der Waals surface area contributed by atoms with Gasteiger partial charge in [0.25, 0.3) is 0 Å². The number of anilines is 1. The molecule has 2 atom stereocenters. The summed E-state index contributed by atoms with van der Waals surface area (Å²) in [5.41, 5.74) is 2.08.